The molecule has 1 aliphatic heterocycles. The first kappa shape index (κ1) is 16.8. The average Bonchev–Trinajstić information content (AvgIpc) is 3.16. The largest absolute Gasteiger partial charge is 0.497 e. The van der Waals surface area contributed by atoms with Gasteiger partial charge in [-0.1, -0.05) is 12.1 Å². The molecule has 1 atom stereocenters. The molecule has 0 unspecified atom stereocenters. The predicted octanol–water partition coefficient (Wildman–Crippen LogP) is 4.68. The summed E-state index contributed by atoms with van der Waals surface area (Å²) in [5, 5.41) is 2.06. The maximum Gasteiger partial charge on any atom is 0.254 e. The summed E-state index contributed by atoms with van der Waals surface area (Å²) in [6.07, 6.45) is 0.840. The lowest BCUT2D eigenvalue weighted by atomic mass is 9.92. The second kappa shape index (κ2) is 6.92. The van der Waals surface area contributed by atoms with Gasteiger partial charge in [0.2, 0.25) is 0 Å². The Labute approximate surface area is 155 Å². The number of hydrogen-bond acceptors (Lipinski definition) is 3. The van der Waals surface area contributed by atoms with Crippen LogP contribution in [0.3, 0.4) is 0 Å². The third kappa shape index (κ3) is 2.99. The van der Waals surface area contributed by atoms with Gasteiger partial charge in [-0.05, 0) is 65.4 Å². The van der Waals surface area contributed by atoms with Crippen LogP contribution in [0.5, 0.6) is 5.75 Å². The number of nitrogens with zero attached hydrogens (tertiary/aromatic N) is 1. The van der Waals surface area contributed by atoms with E-state index in [1.165, 1.54) is 17.0 Å². The molecule has 1 aromatic heterocycles. The second-order valence-electron chi connectivity index (χ2n) is 6.23. The number of carbonyl (C=O) groups excluding carboxylic acids is 1. The molecular weight excluding hydrogens is 349 g/mol. The van der Waals surface area contributed by atoms with Gasteiger partial charge in [0.1, 0.15) is 11.6 Å². The van der Waals surface area contributed by atoms with Crippen LogP contribution in [0.1, 0.15) is 32.4 Å². The lowest BCUT2D eigenvalue weighted by Crippen LogP contribution is -2.40. The van der Waals surface area contributed by atoms with Crippen LogP contribution in [0.2, 0.25) is 0 Å². The molecule has 26 heavy (non-hydrogen) atoms. The van der Waals surface area contributed by atoms with Crippen LogP contribution in [0.4, 0.5) is 4.39 Å². The lowest BCUT2D eigenvalue weighted by Gasteiger charge is -2.36. The highest BCUT2D eigenvalue weighted by Gasteiger charge is 2.33. The number of fused-ring (bicyclic) bond motifs is 1. The summed E-state index contributed by atoms with van der Waals surface area (Å²) < 4.78 is 18.6. The Morgan fingerprint density at radius 2 is 1.85 bits per heavy atom. The van der Waals surface area contributed by atoms with Crippen molar-refractivity contribution < 1.29 is 13.9 Å². The molecule has 3 nitrogen and oxygen atoms in total. The zero-order chi connectivity index (χ0) is 18.1. The molecule has 1 aliphatic rings. The van der Waals surface area contributed by atoms with E-state index >= 15 is 0 Å². The van der Waals surface area contributed by atoms with Crippen LogP contribution in [0.25, 0.3) is 0 Å². The summed E-state index contributed by atoms with van der Waals surface area (Å²) in [6.45, 7) is 0.639. The van der Waals surface area contributed by atoms with E-state index in [2.05, 4.69) is 11.4 Å². The van der Waals surface area contributed by atoms with Gasteiger partial charge in [0.05, 0.1) is 13.2 Å². The summed E-state index contributed by atoms with van der Waals surface area (Å²) >= 11 is 1.71. The SMILES string of the molecule is COc1ccc(C(=O)N2CCc3sccc3[C@@H]2c2ccc(F)cc2)cc1. The Morgan fingerprint density at radius 1 is 1.12 bits per heavy atom. The van der Waals surface area contributed by atoms with E-state index in [1.807, 2.05) is 4.90 Å². The van der Waals surface area contributed by atoms with Crippen molar-refractivity contribution in [2.45, 2.75) is 12.5 Å². The van der Waals surface area contributed by atoms with Gasteiger partial charge in [-0.15, -0.1) is 11.3 Å². The van der Waals surface area contributed by atoms with Gasteiger partial charge in [-0.2, -0.15) is 0 Å². The molecule has 0 spiro atoms. The molecule has 5 heteroatoms. The Kier molecular flexibility index (Phi) is 4.47. The van der Waals surface area contributed by atoms with Crippen molar-refractivity contribution in [1.29, 1.82) is 0 Å². The van der Waals surface area contributed by atoms with E-state index in [0.717, 1.165) is 23.3 Å². The summed E-state index contributed by atoms with van der Waals surface area (Å²) in [5.74, 6) is 0.414. The summed E-state index contributed by atoms with van der Waals surface area (Å²) in [6, 6.07) is 15.5. The smallest absolute Gasteiger partial charge is 0.254 e. The zero-order valence-corrected chi connectivity index (χ0v) is 15.1. The molecule has 0 saturated heterocycles. The fourth-order valence-electron chi connectivity index (χ4n) is 3.44. The monoisotopic (exact) mass is 367 g/mol. The van der Waals surface area contributed by atoms with Gasteiger partial charge in [0.15, 0.2) is 0 Å². The Balaban J connectivity index is 1.73. The minimum atomic E-state index is -0.275. The van der Waals surface area contributed by atoms with Crippen LogP contribution >= 0.6 is 11.3 Å². The van der Waals surface area contributed by atoms with E-state index in [4.69, 9.17) is 4.74 Å². The highest BCUT2D eigenvalue weighted by Crippen LogP contribution is 2.38. The topological polar surface area (TPSA) is 29.5 Å². The van der Waals surface area contributed by atoms with Gasteiger partial charge in [0.25, 0.3) is 5.91 Å². The molecule has 0 bridgehead atoms. The van der Waals surface area contributed by atoms with Gasteiger partial charge < -0.3 is 9.64 Å². The molecule has 4 rings (SSSR count). The van der Waals surface area contributed by atoms with Crippen molar-refractivity contribution in [2.75, 3.05) is 13.7 Å². The number of methoxy groups -OCH3 is 1. The van der Waals surface area contributed by atoms with Crippen molar-refractivity contribution in [2.24, 2.45) is 0 Å². The van der Waals surface area contributed by atoms with Crippen LogP contribution in [0.15, 0.2) is 60.0 Å². The zero-order valence-electron chi connectivity index (χ0n) is 14.3. The number of rotatable bonds is 3. The maximum absolute atomic E-state index is 13.4. The van der Waals surface area contributed by atoms with Gasteiger partial charge in [-0.3, -0.25) is 4.79 Å². The van der Waals surface area contributed by atoms with Crippen molar-refractivity contribution in [3.63, 3.8) is 0 Å². The van der Waals surface area contributed by atoms with Crippen LogP contribution < -0.4 is 4.74 Å². The number of ether oxygens (including phenoxy) is 1. The Morgan fingerprint density at radius 3 is 2.54 bits per heavy atom. The van der Waals surface area contributed by atoms with Crippen molar-refractivity contribution in [3.05, 3.63) is 87.4 Å². The highest BCUT2D eigenvalue weighted by atomic mass is 32.1. The van der Waals surface area contributed by atoms with Crippen LogP contribution in [-0.2, 0) is 6.42 Å². The predicted molar refractivity (Wildman–Crippen MR) is 100 cm³/mol. The van der Waals surface area contributed by atoms with Crippen molar-refractivity contribution in [1.82, 2.24) is 4.90 Å². The molecule has 0 radical (unpaired) electrons. The molecule has 0 N–H and O–H groups in total. The average molecular weight is 367 g/mol. The first-order chi connectivity index (χ1) is 12.7. The molecule has 2 heterocycles. The number of amides is 1. The fourth-order valence-corrected chi connectivity index (χ4v) is 4.34. The second-order valence-corrected chi connectivity index (χ2v) is 7.23. The standard InChI is InChI=1S/C21H18FNO2S/c1-25-17-8-4-15(5-9-17)21(24)23-12-10-19-18(11-13-26-19)20(23)14-2-6-16(22)7-3-14/h2-9,11,13,20H,10,12H2,1H3/t20-/m0/s1. The summed E-state index contributed by atoms with van der Waals surface area (Å²) in [7, 11) is 1.60. The number of hydrogen-bond donors (Lipinski definition) is 0. The molecule has 132 valence electrons. The molecule has 2 aromatic carbocycles. The van der Waals surface area contributed by atoms with Gasteiger partial charge in [0, 0.05) is 17.0 Å². The van der Waals surface area contributed by atoms with Gasteiger partial charge in [-0.25, -0.2) is 4.39 Å². The normalized spacial score (nSPS) is 16.2. The molecule has 3 aromatic rings. The third-order valence-corrected chi connectivity index (χ3v) is 5.75. The fraction of sp³-hybridized carbons (Fsp3) is 0.190. The van der Waals surface area contributed by atoms with E-state index in [1.54, 1.807) is 54.8 Å². The van der Waals surface area contributed by atoms with Crippen molar-refractivity contribution in [3.8, 4) is 5.75 Å². The third-order valence-electron chi connectivity index (χ3n) is 4.75. The van der Waals surface area contributed by atoms with E-state index in [-0.39, 0.29) is 17.8 Å². The van der Waals surface area contributed by atoms with Gasteiger partial charge >= 0.3 is 0 Å². The lowest BCUT2D eigenvalue weighted by molar-refractivity contribution is 0.0696. The molecular formula is C21H18FNO2S. The number of thiophene rings is 1. The first-order valence-electron chi connectivity index (χ1n) is 8.44. The minimum absolute atomic E-state index is 0.0289. The molecule has 0 saturated carbocycles. The number of carbonyl (C=O) groups is 1. The quantitative estimate of drug-likeness (QED) is 0.672. The summed E-state index contributed by atoms with van der Waals surface area (Å²) in [5.41, 5.74) is 2.68. The number of halogens is 1. The van der Waals surface area contributed by atoms with Crippen molar-refractivity contribution >= 4 is 17.2 Å². The Bertz CT molecular complexity index is 918. The molecule has 0 aliphatic carbocycles. The van der Waals surface area contributed by atoms with Crippen LogP contribution in [-0.4, -0.2) is 24.5 Å². The molecule has 0 fully saturated rings. The number of benzene rings is 2. The van der Waals surface area contributed by atoms with E-state index in [0.29, 0.717) is 12.1 Å². The van der Waals surface area contributed by atoms with E-state index in [9.17, 15) is 9.18 Å². The van der Waals surface area contributed by atoms with E-state index < -0.39 is 0 Å². The first-order valence-corrected chi connectivity index (χ1v) is 9.32. The molecule has 1 amide bonds. The maximum atomic E-state index is 13.4. The van der Waals surface area contributed by atoms with Crippen LogP contribution in [0, 0.1) is 5.82 Å². The summed E-state index contributed by atoms with van der Waals surface area (Å²) in [4.78, 5) is 16.4. The minimum Gasteiger partial charge on any atom is -0.497 e. The highest BCUT2D eigenvalue weighted by molar-refractivity contribution is 7.10. The Hall–Kier alpha value is -2.66.